The summed E-state index contributed by atoms with van der Waals surface area (Å²) in [5, 5.41) is 11.4. The smallest absolute Gasteiger partial charge is 0.294 e. The van der Waals surface area contributed by atoms with Gasteiger partial charge >= 0.3 is 0 Å². The molecule has 0 aromatic heterocycles. The molecule has 0 atom stereocenters. The summed E-state index contributed by atoms with van der Waals surface area (Å²) in [6.45, 7) is -0.287. The van der Waals surface area contributed by atoms with Gasteiger partial charge in [-0.1, -0.05) is 6.07 Å². The Morgan fingerprint density at radius 2 is 2.20 bits per heavy atom. The van der Waals surface area contributed by atoms with E-state index in [9.17, 15) is 14.9 Å². The molecule has 1 amide bonds. The molecule has 0 aliphatic heterocycles. The minimum atomic E-state index is -0.907. The second-order valence-corrected chi connectivity index (χ2v) is 4.09. The normalized spacial score (nSPS) is 9.70. The van der Waals surface area contributed by atoms with Crippen LogP contribution >= 0.6 is 0 Å². The Morgan fingerprint density at radius 3 is 2.85 bits per heavy atom. The highest BCUT2D eigenvalue weighted by atomic mass is 16.9. The number of amides is 1. The van der Waals surface area contributed by atoms with Gasteiger partial charge < -0.3 is 19.8 Å². The lowest BCUT2D eigenvalue weighted by molar-refractivity contribution is -0.757. The van der Waals surface area contributed by atoms with E-state index in [0.29, 0.717) is 5.75 Å². The van der Waals surface area contributed by atoms with Gasteiger partial charge in [0.15, 0.2) is 6.61 Å². The topological polar surface area (TPSA) is 93.9 Å². The summed E-state index contributed by atoms with van der Waals surface area (Å²) >= 11 is 0. The lowest BCUT2D eigenvalue weighted by Crippen LogP contribution is -2.32. The van der Waals surface area contributed by atoms with E-state index in [1.165, 1.54) is 0 Å². The fourth-order valence-corrected chi connectivity index (χ4v) is 1.36. The summed E-state index contributed by atoms with van der Waals surface area (Å²) in [5.74, 6) is 0.208. The Hall–Kier alpha value is -2.51. The molecule has 0 heterocycles. The molecular weight excluding hydrogens is 266 g/mol. The van der Waals surface area contributed by atoms with Crippen molar-refractivity contribution in [2.75, 3.05) is 38.8 Å². The maximum atomic E-state index is 11.4. The number of nitrogens with one attached hydrogen (secondary N) is 1. The van der Waals surface area contributed by atoms with Crippen molar-refractivity contribution < 1.29 is 19.5 Å². The maximum Gasteiger partial charge on any atom is 0.294 e. The zero-order valence-electron chi connectivity index (χ0n) is 11.4. The molecule has 1 rings (SSSR count). The third-order valence-corrected chi connectivity index (χ3v) is 2.32. The van der Waals surface area contributed by atoms with Crippen LogP contribution in [0.5, 0.6) is 5.75 Å². The van der Waals surface area contributed by atoms with Crippen LogP contribution < -0.4 is 15.0 Å². The zero-order valence-corrected chi connectivity index (χ0v) is 11.4. The first-order chi connectivity index (χ1) is 9.49. The SMILES string of the molecule is CN(C)c1cccc(OCC(=O)NCCO[N+](=O)[O-])c1. The maximum absolute atomic E-state index is 11.4. The van der Waals surface area contributed by atoms with Crippen LogP contribution in [0.2, 0.25) is 0 Å². The van der Waals surface area contributed by atoms with E-state index < -0.39 is 5.09 Å². The van der Waals surface area contributed by atoms with Crippen LogP contribution in [0.1, 0.15) is 0 Å². The first-order valence-electron chi connectivity index (χ1n) is 5.93. The van der Waals surface area contributed by atoms with Gasteiger partial charge in [-0.3, -0.25) is 4.79 Å². The third kappa shape index (κ3) is 5.89. The summed E-state index contributed by atoms with van der Waals surface area (Å²) in [5.41, 5.74) is 0.960. The molecule has 0 unspecified atom stereocenters. The summed E-state index contributed by atoms with van der Waals surface area (Å²) < 4.78 is 5.32. The number of benzene rings is 1. The van der Waals surface area contributed by atoms with Gasteiger partial charge in [0, 0.05) is 32.4 Å². The summed E-state index contributed by atoms with van der Waals surface area (Å²) in [6, 6.07) is 7.30. The van der Waals surface area contributed by atoms with Gasteiger partial charge in [0.1, 0.15) is 12.4 Å². The number of hydrogen-bond acceptors (Lipinski definition) is 6. The number of rotatable bonds is 8. The van der Waals surface area contributed by atoms with E-state index in [-0.39, 0.29) is 25.7 Å². The highest BCUT2D eigenvalue weighted by molar-refractivity contribution is 5.77. The lowest BCUT2D eigenvalue weighted by atomic mass is 10.3. The monoisotopic (exact) mass is 283 g/mol. The number of hydrogen-bond donors (Lipinski definition) is 1. The Morgan fingerprint density at radius 1 is 1.45 bits per heavy atom. The Bertz CT molecular complexity index is 464. The molecule has 8 heteroatoms. The van der Waals surface area contributed by atoms with E-state index in [2.05, 4.69) is 10.2 Å². The van der Waals surface area contributed by atoms with Gasteiger partial charge in [-0.05, 0) is 12.1 Å². The number of anilines is 1. The number of ether oxygens (including phenoxy) is 1. The summed E-state index contributed by atoms with van der Waals surface area (Å²) in [6.07, 6.45) is 0. The third-order valence-electron chi connectivity index (χ3n) is 2.32. The summed E-state index contributed by atoms with van der Waals surface area (Å²) in [4.78, 5) is 27.3. The average Bonchev–Trinajstić information content (AvgIpc) is 2.41. The van der Waals surface area contributed by atoms with Crippen LogP contribution in [-0.2, 0) is 9.63 Å². The van der Waals surface area contributed by atoms with E-state index >= 15 is 0 Å². The molecule has 0 fully saturated rings. The summed E-state index contributed by atoms with van der Waals surface area (Å²) in [7, 11) is 3.81. The highest BCUT2D eigenvalue weighted by Crippen LogP contribution is 2.18. The van der Waals surface area contributed by atoms with Gasteiger partial charge in [-0.2, -0.15) is 0 Å². The van der Waals surface area contributed by atoms with Gasteiger partial charge in [0.05, 0.1) is 0 Å². The standard InChI is InChI=1S/C12H17N3O5/c1-14(2)10-4-3-5-11(8-10)19-9-12(16)13-6-7-20-15(17)18/h3-5,8H,6-7,9H2,1-2H3,(H,13,16). The van der Waals surface area contributed by atoms with Crippen molar-refractivity contribution in [2.45, 2.75) is 0 Å². The molecule has 0 saturated heterocycles. The van der Waals surface area contributed by atoms with Crippen molar-refractivity contribution >= 4 is 11.6 Å². The fraction of sp³-hybridized carbons (Fsp3) is 0.417. The molecule has 0 aliphatic carbocycles. The second-order valence-electron chi connectivity index (χ2n) is 4.09. The first kappa shape index (κ1) is 15.5. The molecule has 1 aromatic rings. The number of carbonyl (C=O) groups excluding carboxylic acids is 1. The van der Waals surface area contributed by atoms with Crippen molar-refractivity contribution in [1.82, 2.24) is 5.32 Å². The first-order valence-corrected chi connectivity index (χ1v) is 5.93. The molecule has 110 valence electrons. The Kier molecular flexibility index (Phi) is 6.08. The van der Waals surface area contributed by atoms with Gasteiger partial charge in [0.2, 0.25) is 0 Å². The van der Waals surface area contributed by atoms with Crippen molar-refractivity contribution in [3.63, 3.8) is 0 Å². The molecular formula is C12H17N3O5. The van der Waals surface area contributed by atoms with Crippen molar-refractivity contribution in [3.05, 3.63) is 34.4 Å². The Balaban J connectivity index is 2.30. The second kappa shape index (κ2) is 7.82. The molecule has 0 aliphatic rings. The minimum absolute atomic E-state index is 0.0565. The van der Waals surface area contributed by atoms with Crippen LogP contribution in [0.4, 0.5) is 5.69 Å². The molecule has 1 aromatic carbocycles. The molecule has 0 bridgehead atoms. The van der Waals surface area contributed by atoms with E-state index in [1.54, 1.807) is 6.07 Å². The van der Waals surface area contributed by atoms with Gasteiger partial charge in [0.25, 0.3) is 11.0 Å². The molecule has 1 N–H and O–H groups in total. The number of carbonyl (C=O) groups is 1. The molecule has 8 nitrogen and oxygen atoms in total. The predicted molar refractivity (Wildman–Crippen MR) is 72.2 cm³/mol. The molecule has 0 spiro atoms. The molecule has 0 radical (unpaired) electrons. The highest BCUT2D eigenvalue weighted by Gasteiger charge is 2.04. The van der Waals surface area contributed by atoms with E-state index in [1.807, 2.05) is 37.2 Å². The quantitative estimate of drug-likeness (QED) is 0.423. The van der Waals surface area contributed by atoms with Gasteiger partial charge in [-0.25, -0.2) is 0 Å². The Labute approximate surface area is 116 Å². The van der Waals surface area contributed by atoms with Gasteiger partial charge in [-0.15, -0.1) is 10.1 Å². The average molecular weight is 283 g/mol. The van der Waals surface area contributed by atoms with Crippen molar-refractivity contribution in [2.24, 2.45) is 0 Å². The van der Waals surface area contributed by atoms with Crippen LogP contribution in [0.25, 0.3) is 0 Å². The molecule has 20 heavy (non-hydrogen) atoms. The largest absolute Gasteiger partial charge is 0.484 e. The van der Waals surface area contributed by atoms with E-state index in [4.69, 9.17) is 4.74 Å². The van der Waals surface area contributed by atoms with Crippen molar-refractivity contribution in [3.8, 4) is 5.75 Å². The molecule has 0 saturated carbocycles. The van der Waals surface area contributed by atoms with Crippen LogP contribution in [0, 0.1) is 10.1 Å². The van der Waals surface area contributed by atoms with Crippen LogP contribution in [-0.4, -0.2) is 44.8 Å². The minimum Gasteiger partial charge on any atom is -0.484 e. The van der Waals surface area contributed by atoms with Crippen LogP contribution in [0.15, 0.2) is 24.3 Å². The number of nitrogens with zero attached hydrogens (tertiary/aromatic N) is 2. The van der Waals surface area contributed by atoms with Crippen LogP contribution in [0.3, 0.4) is 0 Å². The van der Waals surface area contributed by atoms with E-state index in [0.717, 1.165) is 5.69 Å². The predicted octanol–water partition coefficient (Wildman–Crippen LogP) is 0.456. The lowest BCUT2D eigenvalue weighted by Gasteiger charge is -2.14. The zero-order chi connectivity index (χ0) is 15.0. The fourth-order valence-electron chi connectivity index (χ4n) is 1.36. The van der Waals surface area contributed by atoms with Crippen molar-refractivity contribution in [1.29, 1.82) is 0 Å².